The third-order valence-electron chi connectivity index (χ3n) is 3.04. The lowest BCUT2D eigenvalue weighted by molar-refractivity contribution is 0.878. The number of nitrogens with one attached hydrogen (secondary N) is 2. The van der Waals surface area contributed by atoms with Crippen LogP contribution < -0.4 is 5.32 Å². The number of rotatable bonds is 4. The average Bonchev–Trinajstić information content (AvgIpc) is 3.08. The molecule has 0 fully saturated rings. The van der Waals surface area contributed by atoms with Crippen molar-refractivity contribution in [3.05, 3.63) is 53.3 Å². The zero-order valence-electron chi connectivity index (χ0n) is 10.8. The maximum atomic E-state index is 6.27. The van der Waals surface area contributed by atoms with E-state index >= 15 is 0 Å². The van der Waals surface area contributed by atoms with Gasteiger partial charge in [-0.3, -0.25) is 5.10 Å². The topological polar surface area (TPSA) is 71.4 Å². The van der Waals surface area contributed by atoms with Gasteiger partial charge in [0.1, 0.15) is 18.3 Å². The van der Waals surface area contributed by atoms with Gasteiger partial charge in [0, 0.05) is 17.8 Å². The summed E-state index contributed by atoms with van der Waals surface area (Å²) in [5.41, 5.74) is 3.83. The highest BCUT2D eigenvalue weighted by Gasteiger charge is 2.10. The molecule has 102 valence electrons. The van der Waals surface area contributed by atoms with Crippen molar-refractivity contribution in [2.75, 3.05) is 5.32 Å². The first-order valence-electron chi connectivity index (χ1n) is 6.12. The van der Waals surface area contributed by atoms with E-state index in [-0.39, 0.29) is 0 Å². The van der Waals surface area contributed by atoms with Crippen LogP contribution in [0.1, 0.15) is 11.3 Å². The molecule has 0 unspecified atom stereocenters. The van der Waals surface area contributed by atoms with Crippen LogP contribution in [0.25, 0.3) is 5.69 Å². The van der Waals surface area contributed by atoms with Gasteiger partial charge >= 0.3 is 0 Å². The van der Waals surface area contributed by atoms with E-state index in [1.165, 1.54) is 6.33 Å². The van der Waals surface area contributed by atoms with Crippen LogP contribution in [-0.2, 0) is 6.54 Å². The molecule has 1 aromatic carbocycles. The highest BCUT2D eigenvalue weighted by molar-refractivity contribution is 6.33. The third-order valence-corrected chi connectivity index (χ3v) is 3.34. The lowest BCUT2D eigenvalue weighted by Crippen LogP contribution is -2.05. The van der Waals surface area contributed by atoms with E-state index in [4.69, 9.17) is 11.6 Å². The van der Waals surface area contributed by atoms with Crippen LogP contribution >= 0.6 is 11.6 Å². The van der Waals surface area contributed by atoms with Crippen LogP contribution in [0.2, 0.25) is 5.02 Å². The summed E-state index contributed by atoms with van der Waals surface area (Å²) in [7, 11) is 0. The Hall–Kier alpha value is -2.34. The third kappa shape index (κ3) is 2.37. The van der Waals surface area contributed by atoms with Gasteiger partial charge in [0.2, 0.25) is 0 Å². The minimum absolute atomic E-state index is 0.615. The predicted molar refractivity (Wildman–Crippen MR) is 77.0 cm³/mol. The van der Waals surface area contributed by atoms with E-state index in [0.29, 0.717) is 11.6 Å². The second-order valence-corrected chi connectivity index (χ2v) is 4.76. The average molecular weight is 289 g/mol. The number of para-hydroxylation sites is 1. The molecular formula is C13H13ClN6. The molecular weight excluding hydrogens is 276 g/mol. The first kappa shape index (κ1) is 12.7. The van der Waals surface area contributed by atoms with Crippen molar-refractivity contribution in [3.63, 3.8) is 0 Å². The zero-order chi connectivity index (χ0) is 13.9. The summed E-state index contributed by atoms with van der Waals surface area (Å²) in [6.07, 6.45) is 4.91. The molecule has 0 aliphatic rings. The van der Waals surface area contributed by atoms with Gasteiger partial charge in [0.05, 0.1) is 16.9 Å². The van der Waals surface area contributed by atoms with Gasteiger partial charge in [-0.15, -0.1) is 0 Å². The van der Waals surface area contributed by atoms with Gasteiger partial charge in [0.15, 0.2) is 0 Å². The Morgan fingerprint density at radius 2 is 2.30 bits per heavy atom. The Morgan fingerprint density at radius 3 is 3.00 bits per heavy atom. The number of anilines is 1. The zero-order valence-corrected chi connectivity index (χ0v) is 11.6. The smallest absolute Gasteiger partial charge is 0.138 e. The molecule has 2 N–H and O–H groups in total. The van der Waals surface area contributed by atoms with Crippen molar-refractivity contribution < 1.29 is 0 Å². The molecule has 3 aromatic rings. The van der Waals surface area contributed by atoms with Crippen LogP contribution in [0.15, 0.2) is 37.1 Å². The Labute approximate surface area is 120 Å². The highest BCUT2D eigenvalue weighted by Crippen LogP contribution is 2.28. The second kappa shape index (κ2) is 5.34. The normalized spacial score (nSPS) is 10.7. The largest absolute Gasteiger partial charge is 0.379 e. The molecule has 0 aliphatic heterocycles. The molecule has 0 aliphatic carbocycles. The molecule has 20 heavy (non-hydrogen) atoms. The minimum atomic E-state index is 0.615. The molecule has 0 saturated carbocycles. The SMILES string of the molecule is Cc1[nH]ncc1CNc1cccc(Cl)c1-n1cncn1. The van der Waals surface area contributed by atoms with Gasteiger partial charge in [-0.2, -0.15) is 10.2 Å². The number of aryl methyl sites for hydroxylation is 1. The van der Waals surface area contributed by atoms with E-state index in [9.17, 15) is 0 Å². The first-order chi connectivity index (χ1) is 9.75. The predicted octanol–water partition coefficient (Wildman–Crippen LogP) is 2.56. The van der Waals surface area contributed by atoms with Crippen LogP contribution in [0.5, 0.6) is 0 Å². The molecule has 0 saturated heterocycles. The van der Waals surface area contributed by atoms with E-state index in [0.717, 1.165) is 22.6 Å². The molecule has 0 spiro atoms. The number of halogens is 1. The molecule has 0 radical (unpaired) electrons. The Morgan fingerprint density at radius 1 is 1.40 bits per heavy atom. The van der Waals surface area contributed by atoms with E-state index in [1.807, 2.05) is 31.3 Å². The number of hydrogen-bond donors (Lipinski definition) is 2. The molecule has 0 bridgehead atoms. The molecule has 2 heterocycles. The number of nitrogens with zero attached hydrogens (tertiary/aromatic N) is 4. The van der Waals surface area contributed by atoms with E-state index in [1.54, 1.807) is 11.0 Å². The number of H-pyrrole nitrogens is 1. The van der Waals surface area contributed by atoms with Gasteiger partial charge in [-0.25, -0.2) is 9.67 Å². The minimum Gasteiger partial charge on any atom is -0.379 e. The summed E-state index contributed by atoms with van der Waals surface area (Å²) < 4.78 is 1.65. The Balaban J connectivity index is 1.90. The number of hydrogen-bond acceptors (Lipinski definition) is 4. The van der Waals surface area contributed by atoms with Gasteiger partial charge in [-0.1, -0.05) is 17.7 Å². The van der Waals surface area contributed by atoms with Crippen molar-refractivity contribution in [1.82, 2.24) is 25.0 Å². The summed E-state index contributed by atoms with van der Waals surface area (Å²) in [6, 6.07) is 5.68. The maximum Gasteiger partial charge on any atom is 0.138 e. The first-order valence-corrected chi connectivity index (χ1v) is 6.49. The highest BCUT2D eigenvalue weighted by atomic mass is 35.5. The lowest BCUT2D eigenvalue weighted by atomic mass is 10.2. The van der Waals surface area contributed by atoms with Gasteiger partial charge < -0.3 is 5.32 Å². The Bertz CT molecular complexity index is 703. The van der Waals surface area contributed by atoms with Crippen molar-refractivity contribution in [1.29, 1.82) is 0 Å². The molecule has 7 heteroatoms. The summed E-state index contributed by atoms with van der Waals surface area (Å²) >= 11 is 6.27. The summed E-state index contributed by atoms with van der Waals surface area (Å²) in [5.74, 6) is 0. The van der Waals surface area contributed by atoms with E-state index in [2.05, 4.69) is 25.6 Å². The van der Waals surface area contributed by atoms with Gasteiger partial charge in [0.25, 0.3) is 0 Å². The summed E-state index contributed by atoms with van der Waals surface area (Å²) in [6.45, 7) is 2.64. The molecule has 0 atom stereocenters. The summed E-state index contributed by atoms with van der Waals surface area (Å²) in [5, 5.41) is 15.0. The van der Waals surface area contributed by atoms with Crippen molar-refractivity contribution in [2.45, 2.75) is 13.5 Å². The molecule has 0 amide bonds. The van der Waals surface area contributed by atoms with E-state index < -0.39 is 0 Å². The van der Waals surface area contributed by atoms with Gasteiger partial charge in [-0.05, 0) is 19.1 Å². The van der Waals surface area contributed by atoms with Crippen molar-refractivity contribution in [3.8, 4) is 5.69 Å². The number of benzene rings is 1. The fourth-order valence-electron chi connectivity index (χ4n) is 1.96. The lowest BCUT2D eigenvalue weighted by Gasteiger charge is -2.12. The fourth-order valence-corrected chi connectivity index (χ4v) is 2.22. The summed E-state index contributed by atoms with van der Waals surface area (Å²) in [4.78, 5) is 3.96. The second-order valence-electron chi connectivity index (χ2n) is 4.35. The van der Waals surface area contributed by atoms with Crippen molar-refractivity contribution in [2.24, 2.45) is 0 Å². The van der Waals surface area contributed by atoms with Crippen molar-refractivity contribution >= 4 is 17.3 Å². The number of aromatic amines is 1. The van der Waals surface area contributed by atoms with Crippen LogP contribution in [0, 0.1) is 6.92 Å². The molecule has 6 nitrogen and oxygen atoms in total. The molecule has 3 rings (SSSR count). The maximum absolute atomic E-state index is 6.27. The van der Waals surface area contributed by atoms with Crippen LogP contribution in [0.4, 0.5) is 5.69 Å². The molecule has 2 aromatic heterocycles. The Kier molecular flexibility index (Phi) is 3.39. The van der Waals surface area contributed by atoms with Crippen LogP contribution in [0.3, 0.4) is 0 Å². The monoisotopic (exact) mass is 288 g/mol. The standard InChI is InChI=1S/C13H13ClN6/c1-9-10(6-17-19-9)5-16-12-4-2-3-11(14)13(12)20-8-15-7-18-20/h2-4,6-8,16H,5H2,1H3,(H,17,19). The number of aromatic nitrogens is 5. The van der Waals surface area contributed by atoms with Crippen LogP contribution in [-0.4, -0.2) is 25.0 Å². The fraction of sp³-hybridized carbons (Fsp3) is 0.154. The quantitative estimate of drug-likeness (QED) is 0.774.